The van der Waals surface area contributed by atoms with Gasteiger partial charge < -0.3 is 15.2 Å². The number of nitrogens with zero attached hydrogens (tertiary/aromatic N) is 1. The second kappa shape index (κ2) is 9.18. The first-order chi connectivity index (χ1) is 16.7. The summed E-state index contributed by atoms with van der Waals surface area (Å²) < 4.78 is 0. The van der Waals surface area contributed by atoms with Gasteiger partial charge in [-0.3, -0.25) is 4.79 Å². The molecule has 2 saturated heterocycles. The average Bonchev–Trinajstić information content (AvgIpc) is 3.48. The molecule has 1 saturated carbocycles. The van der Waals surface area contributed by atoms with E-state index in [2.05, 4.69) is 58.5 Å². The lowest BCUT2D eigenvalue weighted by atomic mass is 9.65. The van der Waals surface area contributed by atoms with Crippen molar-refractivity contribution in [2.45, 2.75) is 88.5 Å². The van der Waals surface area contributed by atoms with Crippen LogP contribution in [0.4, 0.5) is 0 Å². The number of aromatic nitrogens is 1. The van der Waals surface area contributed by atoms with Gasteiger partial charge in [0.2, 0.25) is 5.91 Å². The summed E-state index contributed by atoms with van der Waals surface area (Å²) in [7, 11) is 0. The van der Waals surface area contributed by atoms with Gasteiger partial charge in [0.25, 0.3) is 0 Å². The van der Waals surface area contributed by atoms with Gasteiger partial charge in [0, 0.05) is 42.5 Å². The number of aryl methyl sites for hydroxylation is 2. The van der Waals surface area contributed by atoms with Crippen molar-refractivity contribution in [1.82, 2.24) is 15.2 Å². The maximum atomic E-state index is 14.5. The summed E-state index contributed by atoms with van der Waals surface area (Å²) in [6.07, 6.45) is 12.3. The number of aromatic amines is 1. The number of rotatable bonds is 3. The van der Waals surface area contributed by atoms with Crippen LogP contribution in [-0.2, 0) is 16.6 Å². The first-order valence-electron chi connectivity index (χ1n) is 13.9. The molecule has 0 radical (unpaired) electrons. The summed E-state index contributed by atoms with van der Waals surface area (Å²) in [6, 6.07) is 13.8. The summed E-state index contributed by atoms with van der Waals surface area (Å²) in [6.45, 7) is 4.87. The molecular formula is C30H41N3O. The maximum Gasteiger partial charge on any atom is 0.228 e. The highest BCUT2D eigenvalue weighted by Gasteiger charge is 2.52. The number of H-pyrrole nitrogens is 1. The fourth-order valence-electron chi connectivity index (χ4n) is 8.09. The summed E-state index contributed by atoms with van der Waals surface area (Å²) >= 11 is 0. The first kappa shape index (κ1) is 22.4. The van der Waals surface area contributed by atoms with Gasteiger partial charge in [-0.15, -0.1) is 0 Å². The minimum absolute atomic E-state index is 0.0250. The first-order valence-corrected chi connectivity index (χ1v) is 13.9. The zero-order valence-corrected chi connectivity index (χ0v) is 20.8. The van der Waals surface area contributed by atoms with Crippen LogP contribution in [0.1, 0.15) is 86.2 Å². The van der Waals surface area contributed by atoms with Crippen LogP contribution in [0.15, 0.2) is 36.4 Å². The normalized spacial score (nSPS) is 32.1. The Morgan fingerprint density at radius 3 is 2.71 bits per heavy atom. The van der Waals surface area contributed by atoms with Crippen molar-refractivity contribution in [3.05, 3.63) is 58.9 Å². The number of carbonyl (C=O) groups is 1. The van der Waals surface area contributed by atoms with E-state index in [-0.39, 0.29) is 11.3 Å². The Bertz CT molecular complexity index is 1010. The van der Waals surface area contributed by atoms with Crippen molar-refractivity contribution in [1.29, 1.82) is 0 Å². The predicted octanol–water partition coefficient (Wildman–Crippen LogP) is 5.47. The molecule has 1 amide bonds. The molecule has 1 aromatic carbocycles. The molecular weight excluding hydrogens is 418 g/mol. The molecule has 34 heavy (non-hydrogen) atoms. The Morgan fingerprint density at radius 2 is 1.88 bits per heavy atom. The molecule has 0 bridgehead atoms. The molecule has 2 N–H and O–H groups in total. The van der Waals surface area contributed by atoms with Crippen molar-refractivity contribution < 1.29 is 4.79 Å². The highest BCUT2D eigenvalue weighted by atomic mass is 16.2. The molecule has 3 heterocycles. The standard InChI is InChI=1S/C30H41N3O/c1-21-17-25-27(32-21)13-8-15-30(25)20-31-19-26(30)29(34)33-16-14-24(22-9-4-2-5-10-22)18-28(33)23-11-6-3-7-12-23/h2,4-5,9-10,17,23-24,26,28,31-32H,3,6-8,11-16,18-20H2,1H3/t24-,26?,28+,30+/m1/s1. The van der Waals surface area contributed by atoms with E-state index >= 15 is 0 Å². The Kier molecular flexibility index (Phi) is 6.05. The second-order valence-electron chi connectivity index (χ2n) is 11.7. The van der Waals surface area contributed by atoms with Crippen LogP contribution >= 0.6 is 0 Å². The van der Waals surface area contributed by atoms with Crippen LogP contribution in [0.3, 0.4) is 0 Å². The van der Waals surface area contributed by atoms with E-state index in [4.69, 9.17) is 0 Å². The van der Waals surface area contributed by atoms with Crippen molar-refractivity contribution in [3.63, 3.8) is 0 Å². The van der Waals surface area contributed by atoms with Crippen LogP contribution in [0.5, 0.6) is 0 Å². The number of nitrogens with one attached hydrogen (secondary N) is 2. The molecule has 4 atom stereocenters. The highest BCUT2D eigenvalue weighted by Crippen LogP contribution is 2.47. The molecule has 6 rings (SSSR count). The van der Waals surface area contributed by atoms with Gasteiger partial charge >= 0.3 is 0 Å². The van der Waals surface area contributed by atoms with E-state index in [0.717, 1.165) is 45.3 Å². The molecule has 1 spiro atoms. The molecule has 1 aromatic heterocycles. The van der Waals surface area contributed by atoms with E-state index in [0.29, 0.717) is 23.8 Å². The summed E-state index contributed by atoms with van der Waals surface area (Å²) in [5.74, 6) is 1.77. The molecule has 182 valence electrons. The van der Waals surface area contributed by atoms with Crippen LogP contribution in [-0.4, -0.2) is 41.5 Å². The second-order valence-corrected chi connectivity index (χ2v) is 11.7. The van der Waals surface area contributed by atoms with Crippen molar-refractivity contribution >= 4 is 5.91 Å². The predicted molar refractivity (Wildman–Crippen MR) is 137 cm³/mol. The third kappa shape index (κ3) is 3.82. The number of amides is 1. The Morgan fingerprint density at radius 1 is 1.06 bits per heavy atom. The third-order valence-electron chi connectivity index (χ3n) is 9.77. The topological polar surface area (TPSA) is 48.1 Å². The van der Waals surface area contributed by atoms with E-state index < -0.39 is 0 Å². The van der Waals surface area contributed by atoms with Crippen LogP contribution in [0.2, 0.25) is 0 Å². The van der Waals surface area contributed by atoms with E-state index in [1.54, 1.807) is 0 Å². The van der Waals surface area contributed by atoms with Crippen molar-refractivity contribution in [2.24, 2.45) is 11.8 Å². The van der Waals surface area contributed by atoms with E-state index in [1.165, 1.54) is 61.0 Å². The molecule has 4 heteroatoms. The number of likely N-dealkylation sites (tertiary alicyclic amines) is 1. The molecule has 4 nitrogen and oxygen atoms in total. The third-order valence-corrected chi connectivity index (χ3v) is 9.77. The number of piperidine rings is 1. The SMILES string of the molecule is Cc1cc2c([nH]1)CCC[C@]21CNCC1C(=O)N1CC[C@@H](c2ccccc2)C[C@H]1C1CCCCC1. The fourth-order valence-corrected chi connectivity index (χ4v) is 8.09. The number of carbonyl (C=O) groups excluding carboxylic acids is 1. The summed E-state index contributed by atoms with van der Waals surface area (Å²) in [5.41, 5.74) is 5.51. The van der Waals surface area contributed by atoms with Gasteiger partial charge in [-0.05, 0) is 80.9 Å². The lowest BCUT2D eigenvalue weighted by molar-refractivity contribution is -0.143. The quantitative estimate of drug-likeness (QED) is 0.639. The Hall–Kier alpha value is -2.07. The molecule has 2 aromatic rings. The smallest absolute Gasteiger partial charge is 0.228 e. The zero-order valence-electron chi connectivity index (χ0n) is 20.8. The van der Waals surface area contributed by atoms with Crippen LogP contribution in [0.25, 0.3) is 0 Å². The molecule has 2 aliphatic heterocycles. The molecule has 1 unspecified atom stereocenters. The average molecular weight is 460 g/mol. The number of hydrogen-bond acceptors (Lipinski definition) is 2. The lowest BCUT2D eigenvalue weighted by Crippen LogP contribution is -2.55. The summed E-state index contributed by atoms with van der Waals surface area (Å²) in [4.78, 5) is 20.5. The van der Waals surface area contributed by atoms with Crippen LogP contribution < -0.4 is 5.32 Å². The van der Waals surface area contributed by atoms with Crippen LogP contribution in [0, 0.1) is 18.8 Å². The van der Waals surface area contributed by atoms with Crippen molar-refractivity contribution in [3.8, 4) is 0 Å². The van der Waals surface area contributed by atoms with Gasteiger partial charge in [-0.2, -0.15) is 0 Å². The van der Waals surface area contributed by atoms with E-state index in [9.17, 15) is 4.79 Å². The van der Waals surface area contributed by atoms with Gasteiger partial charge in [-0.25, -0.2) is 0 Å². The van der Waals surface area contributed by atoms with Crippen molar-refractivity contribution in [2.75, 3.05) is 19.6 Å². The molecule has 2 aliphatic carbocycles. The molecule has 3 fully saturated rings. The Labute approximate surface area is 204 Å². The van der Waals surface area contributed by atoms with Gasteiger partial charge in [0.1, 0.15) is 0 Å². The number of fused-ring (bicyclic) bond motifs is 2. The minimum atomic E-state index is -0.0250. The maximum absolute atomic E-state index is 14.5. The zero-order chi connectivity index (χ0) is 23.1. The van der Waals surface area contributed by atoms with E-state index in [1.807, 2.05) is 0 Å². The molecule has 4 aliphatic rings. The largest absolute Gasteiger partial charge is 0.362 e. The number of benzene rings is 1. The van der Waals surface area contributed by atoms with Gasteiger partial charge in [0.05, 0.1) is 5.92 Å². The van der Waals surface area contributed by atoms with Gasteiger partial charge in [0.15, 0.2) is 0 Å². The lowest BCUT2D eigenvalue weighted by Gasteiger charge is -2.47. The highest BCUT2D eigenvalue weighted by molar-refractivity contribution is 5.82. The monoisotopic (exact) mass is 459 g/mol. The van der Waals surface area contributed by atoms with Gasteiger partial charge in [-0.1, -0.05) is 49.6 Å². The minimum Gasteiger partial charge on any atom is -0.362 e. The fraction of sp³-hybridized carbons (Fsp3) is 0.633. The Balaban J connectivity index is 1.30. The summed E-state index contributed by atoms with van der Waals surface area (Å²) in [5, 5.41) is 3.67. The number of hydrogen-bond donors (Lipinski definition) is 2.